The molecule has 1 fully saturated rings. The Morgan fingerprint density at radius 1 is 1.12 bits per heavy atom. The van der Waals surface area contributed by atoms with Crippen molar-refractivity contribution in [2.75, 3.05) is 33.2 Å². The molecule has 6 nitrogen and oxygen atoms in total. The number of hydrogen-bond acceptors (Lipinski definition) is 5. The molecular formula is C25H35F2N5O. The van der Waals surface area contributed by atoms with Gasteiger partial charge in [-0.05, 0) is 42.8 Å². The van der Waals surface area contributed by atoms with Gasteiger partial charge in [0.25, 0.3) is 0 Å². The highest BCUT2D eigenvalue weighted by Gasteiger charge is 2.17. The Morgan fingerprint density at radius 2 is 1.70 bits per heavy atom. The number of allylic oxidation sites excluding steroid dienone is 6. The van der Waals surface area contributed by atoms with Gasteiger partial charge in [0.15, 0.2) is 0 Å². The lowest BCUT2D eigenvalue weighted by Crippen LogP contribution is -2.44. The molecule has 3 rings (SSSR count). The van der Waals surface area contributed by atoms with Crippen LogP contribution in [0.15, 0.2) is 65.5 Å². The first kappa shape index (κ1) is 27.8. The number of rotatable bonds is 5. The van der Waals surface area contributed by atoms with E-state index in [0.717, 1.165) is 43.5 Å². The largest absolute Gasteiger partial charge is 0.399 e. The van der Waals surface area contributed by atoms with E-state index in [0.29, 0.717) is 17.7 Å². The summed E-state index contributed by atoms with van der Waals surface area (Å²) in [7, 11) is 2.09. The molecule has 0 bridgehead atoms. The molecule has 1 heterocycles. The van der Waals surface area contributed by atoms with Crippen molar-refractivity contribution in [2.24, 2.45) is 11.5 Å². The van der Waals surface area contributed by atoms with E-state index in [9.17, 15) is 8.78 Å². The van der Waals surface area contributed by atoms with Gasteiger partial charge in [0, 0.05) is 50.1 Å². The van der Waals surface area contributed by atoms with Crippen LogP contribution in [0.2, 0.25) is 0 Å². The van der Waals surface area contributed by atoms with Crippen LogP contribution in [-0.2, 0) is 4.79 Å². The molecule has 0 radical (unpaired) electrons. The Kier molecular flexibility index (Phi) is 12.4. The lowest BCUT2D eigenvalue weighted by Gasteiger charge is -2.34. The van der Waals surface area contributed by atoms with Crippen LogP contribution >= 0.6 is 0 Å². The minimum Gasteiger partial charge on any atom is -0.399 e. The maximum absolute atomic E-state index is 13.5. The molecule has 1 saturated heterocycles. The number of likely N-dealkylation sites (N-methyl/N-ethyl adjacent to an activating group) is 1. The molecule has 1 aromatic carbocycles. The molecular weight excluding hydrogens is 424 g/mol. The van der Waals surface area contributed by atoms with Gasteiger partial charge in [-0.25, -0.2) is 8.78 Å². The summed E-state index contributed by atoms with van der Waals surface area (Å²) in [4.78, 5) is 13.0. The summed E-state index contributed by atoms with van der Waals surface area (Å²) in [6.45, 7) is 7.73. The first-order chi connectivity index (χ1) is 15.9. The molecule has 5 N–H and O–H groups in total. The third-order valence-electron chi connectivity index (χ3n) is 5.18. The van der Waals surface area contributed by atoms with Crippen LogP contribution in [-0.4, -0.2) is 55.7 Å². The molecule has 2 aliphatic rings. The first-order valence-corrected chi connectivity index (χ1v) is 11.0. The first-order valence-electron chi connectivity index (χ1n) is 11.0. The molecule has 1 aromatic rings. The van der Waals surface area contributed by atoms with Gasteiger partial charge in [0.1, 0.15) is 11.6 Å². The number of nitrogens with one attached hydrogen (secondary N) is 1. The fraction of sp³-hybridized carbons (Fsp3) is 0.360. The molecule has 8 heteroatoms. The number of carbonyl (C=O) groups is 1. The van der Waals surface area contributed by atoms with Gasteiger partial charge in [-0.3, -0.25) is 4.79 Å². The van der Waals surface area contributed by atoms with E-state index in [1.54, 1.807) is 0 Å². The van der Waals surface area contributed by atoms with Gasteiger partial charge < -0.3 is 26.7 Å². The van der Waals surface area contributed by atoms with Crippen molar-refractivity contribution >= 4 is 12.6 Å². The van der Waals surface area contributed by atoms with E-state index in [-0.39, 0.29) is 12.3 Å². The van der Waals surface area contributed by atoms with Crippen molar-refractivity contribution < 1.29 is 13.6 Å². The highest BCUT2D eigenvalue weighted by atomic mass is 19.1. The fourth-order valence-corrected chi connectivity index (χ4v) is 3.49. The van der Waals surface area contributed by atoms with Gasteiger partial charge >= 0.3 is 0 Å². The van der Waals surface area contributed by atoms with Gasteiger partial charge in [0.2, 0.25) is 6.41 Å². The summed E-state index contributed by atoms with van der Waals surface area (Å²) in [5, 5.41) is 7.69. The van der Waals surface area contributed by atoms with Crippen molar-refractivity contribution in [3.8, 4) is 0 Å². The monoisotopic (exact) mass is 459 g/mol. The number of carbonyl (C=O) groups excluding carboxylic acids is 1. The quantitative estimate of drug-likeness (QED) is 0.355. The summed E-state index contributed by atoms with van der Waals surface area (Å²) in [5.74, 6) is -1.27. The predicted octanol–water partition coefficient (Wildman–Crippen LogP) is 3.69. The van der Waals surface area contributed by atoms with E-state index in [2.05, 4.69) is 22.6 Å². The minimum absolute atomic E-state index is 0.124. The summed E-state index contributed by atoms with van der Waals surface area (Å²) in [6, 6.07) is 3.60. The van der Waals surface area contributed by atoms with Gasteiger partial charge in [0.05, 0.1) is 5.70 Å². The molecule has 1 aliphatic carbocycles. The number of nitrogens with zero attached hydrogens (tertiary/aromatic N) is 2. The number of hydrogen-bond donors (Lipinski definition) is 3. The summed E-state index contributed by atoms with van der Waals surface area (Å²) >= 11 is 0. The summed E-state index contributed by atoms with van der Waals surface area (Å²) < 4.78 is 27.1. The number of primary amides is 1. The van der Waals surface area contributed by atoms with Crippen LogP contribution in [0, 0.1) is 17.0 Å². The minimum atomic E-state index is -0.575. The molecule has 1 unspecified atom stereocenters. The number of piperazine rings is 1. The Hall–Kier alpha value is -3.26. The Labute approximate surface area is 195 Å². The normalized spacial score (nSPS) is 18.9. The fourth-order valence-electron chi connectivity index (χ4n) is 3.49. The molecule has 1 atom stereocenters. The molecule has 180 valence electrons. The Morgan fingerprint density at radius 3 is 2.24 bits per heavy atom. The summed E-state index contributed by atoms with van der Waals surface area (Å²) in [6.07, 6.45) is 11.7. The van der Waals surface area contributed by atoms with E-state index < -0.39 is 11.6 Å². The van der Waals surface area contributed by atoms with Crippen molar-refractivity contribution in [1.29, 1.82) is 5.41 Å². The predicted molar refractivity (Wildman–Crippen MR) is 131 cm³/mol. The zero-order valence-corrected chi connectivity index (χ0v) is 19.6. The lowest BCUT2D eigenvalue weighted by atomic mass is 9.88. The summed E-state index contributed by atoms with van der Waals surface area (Å²) in [5.41, 5.74) is 13.2. The molecule has 1 aliphatic heterocycles. The molecule has 0 saturated carbocycles. The van der Waals surface area contributed by atoms with Crippen molar-refractivity contribution in [3.05, 3.63) is 82.7 Å². The maximum atomic E-state index is 13.5. The SMILES string of the molecule is CC.CN1CCN(/C(C=N)=C/C=C/C2=CC(c3cc(F)cc(F)c3)CC=C2N)CC1.NC=O. The van der Waals surface area contributed by atoms with Crippen LogP contribution in [0.4, 0.5) is 8.78 Å². The second kappa shape index (κ2) is 14.7. The van der Waals surface area contributed by atoms with Crippen LogP contribution in [0.3, 0.4) is 0 Å². The number of amides is 1. The molecule has 0 spiro atoms. The standard InChI is InChI=1S/C22H26F2N4.C2H6.CH3NO/c1-27-7-9-28(10-8-27)21(15-25)4-2-3-17-11-16(5-6-22(17)26)18-12-19(23)14-20(24)13-18;1-2;2-1-3/h2-4,6,11-16,25H,5,7-10,26H2,1H3;1-2H3;1H,(H2,2,3)/b3-2+,21-4+,25-15?;;. The van der Waals surface area contributed by atoms with Crippen LogP contribution < -0.4 is 11.5 Å². The Balaban J connectivity index is 0.00000101. The highest BCUT2D eigenvalue weighted by molar-refractivity contribution is 5.75. The average Bonchev–Trinajstić information content (AvgIpc) is 2.80. The third kappa shape index (κ3) is 9.02. The molecule has 0 aromatic heterocycles. The van der Waals surface area contributed by atoms with E-state index in [1.807, 2.05) is 44.2 Å². The van der Waals surface area contributed by atoms with Crippen molar-refractivity contribution in [3.63, 3.8) is 0 Å². The Bertz CT molecular complexity index is 880. The van der Waals surface area contributed by atoms with E-state index in [4.69, 9.17) is 15.9 Å². The van der Waals surface area contributed by atoms with Crippen LogP contribution in [0.5, 0.6) is 0 Å². The molecule has 1 amide bonds. The second-order valence-corrected chi connectivity index (χ2v) is 7.35. The zero-order chi connectivity index (χ0) is 24.8. The smallest absolute Gasteiger partial charge is 0.204 e. The van der Waals surface area contributed by atoms with Crippen molar-refractivity contribution in [1.82, 2.24) is 9.80 Å². The number of nitrogens with two attached hydrogens (primary N) is 2. The van der Waals surface area contributed by atoms with Crippen molar-refractivity contribution in [2.45, 2.75) is 26.2 Å². The molecule has 33 heavy (non-hydrogen) atoms. The van der Waals surface area contributed by atoms with Crippen LogP contribution in [0.25, 0.3) is 0 Å². The second-order valence-electron chi connectivity index (χ2n) is 7.35. The average molecular weight is 460 g/mol. The number of halogens is 2. The third-order valence-corrected chi connectivity index (χ3v) is 5.18. The topological polar surface area (TPSA) is 99.4 Å². The van der Waals surface area contributed by atoms with E-state index >= 15 is 0 Å². The zero-order valence-electron chi connectivity index (χ0n) is 19.6. The van der Waals surface area contributed by atoms with Crippen LogP contribution in [0.1, 0.15) is 31.7 Å². The van der Waals surface area contributed by atoms with Gasteiger partial charge in [-0.15, -0.1) is 0 Å². The lowest BCUT2D eigenvalue weighted by molar-refractivity contribution is -0.106. The van der Waals surface area contributed by atoms with E-state index in [1.165, 1.54) is 18.3 Å². The van der Waals surface area contributed by atoms with Gasteiger partial charge in [-0.2, -0.15) is 0 Å². The maximum Gasteiger partial charge on any atom is 0.204 e. The highest BCUT2D eigenvalue weighted by Crippen LogP contribution is 2.30. The van der Waals surface area contributed by atoms with Gasteiger partial charge in [-0.1, -0.05) is 38.2 Å². The number of benzene rings is 1.